The zero-order chi connectivity index (χ0) is 22.7. The van der Waals surface area contributed by atoms with Gasteiger partial charge in [0.15, 0.2) is 6.10 Å². The summed E-state index contributed by atoms with van der Waals surface area (Å²) in [6, 6.07) is 20.5. The van der Waals surface area contributed by atoms with Crippen molar-refractivity contribution in [2.24, 2.45) is 0 Å². The minimum absolute atomic E-state index is 0.166. The Balaban J connectivity index is 1.62. The van der Waals surface area contributed by atoms with Gasteiger partial charge in [-0.15, -0.1) is 0 Å². The lowest BCUT2D eigenvalue weighted by atomic mass is 10.2. The van der Waals surface area contributed by atoms with Crippen molar-refractivity contribution >= 4 is 38.9 Å². The fraction of sp³-hybridized carbons (Fsp3) is 0.174. The fourth-order valence-electron chi connectivity index (χ4n) is 3.46. The molecule has 0 fully saturated rings. The molecule has 0 bridgehead atoms. The van der Waals surface area contributed by atoms with Gasteiger partial charge in [-0.3, -0.25) is 9.10 Å². The molecule has 1 aliphatic rings. The van der Waals surface area contributed by atoms with Crippen LogP contribution in [-0.4, -0.2) is 34.1 Å². The number of hydrogen-bond donors (Lipinski definition) is 1. The number of methoxy groups -OCH3 is 1. The molecule has 1 amide bonds. The monoisotopic (exact) mass is 472 g/mol. The smallest absolute Gasteiger partial charge is 0.267 e. The van der Waals surface area contributed by atoms with Gasteiger partial charge in [0.25, 0.3) is 5.91 Å². The first-order valence-electron chi connectivity index (χ1n) is 9.82. The lowest BCUT2D eigenvalue weighted by Gasteiger charge is -2.34. The van der Waals surface area contributed by atoms with Gasteiger partial charge in [0.05, 0.1) is 30.8 Å². The van der Waals surface area contributed by atoms with Crippen LogP contribution in [0.15, 0.2) is 72.8 Å². The van der Waals surface area contributed by atoms with Gasteiger partial charge in [0.2, 0.25) is 10.0 Å². The summed E-state index contributed by atoms with van der Waals surface area (Å²) in [5, 5.41) is 3.15. The van der Waals surface area contributed by atoms with Crippen molar-refractivity contribution in [2.45, 2.75) is 11.9 Å². The number of carbonyl (C=O) groups excluding carboxylic acids is 1. The van der Waals surface area contributed by atoms with Crippen LogP contribution in [0.1, 0.15) is 5.56 Å². The molecule has 7 nitrogen and oxygen atoms in total. The number of benzene rings is 3. The second-order valence-electron chi connectivity index (χ2n) is 7.18. The Labute approximate surface area is 191 Å². The van der Waals surface area contributed by atoms with Gasteiger partial charge in [-0.2, -0.15) is 0 Å². The first-order chi connectivity index (χ1) is 15.4. The number of halogens is 1. The third-order valence-corrected chi connectivity index (χ3v) is 6.92. The second-order valence-corrected chi connectivity index (χ2v) is 9.51. The Morgan fingerprint density at radius 2 is 1.84 bits per heavy atom. The normalized spacial score (nSPS) is 15.4. The summed E-state index contributed by atoms with van der Waals surface area (Å²) in [7, 11) is -2.30. The minimum atomic E-state index is -3.78. The molecule has 9 heteroatoms. The van der Waals surface area contributed by atoms with Crippen LogP contribution < -0.4 is 19.1 Å². The Bertz CT molecular complexity index is 1230. The lowest BCUT2D eigenvalue weighted by molar-refractivity contribution is -0.122. The van der Waals surface area contributed by atoms with Gasteiger partial charge >= 0.3 is 0 Å². The van der Waals surface area contributed by atoms with Crippen molar-refractivity contribution in [1.82, 2.24) is 0 Å². The Kier molecular flexibility index (Phi) is 6.25. The van der Waals surface area contributed by atoms with Crippen LogP contribution in [0.25, 0.3) is 0 Å². The molecule has 0 aliphatic carbocycles. The van der Waals surface area contributed by atoms with Crippen molar-refractivity contribution in [1.29, 1.82) is 0 Å². The standard InChI is InChI=1S/C23H21ClN2O5S/c1-30-20-12-11-17(24)13-18(20)25-23(27)22-14-26(19-9-5-6-10-21(19)31-22)32(28,29)15-16-7-3-2-4-8-16/h2-13,22H,14-15H2,1H3,(H,25,27). The van der Waals surface area contributed by atoms with Crippen molar-refractivity contribution < 1.29 is 22.7 Å². The van der Waals surface area contributed by atoms with Crippen LogP contribution in [0.5, 0.6) is 11.5 Å². The number of carbonyl (C=O) groups is 1. The molecular weight excluding hydrogens is 452 g/mol. The highest BCUT2D eigenvalue weighted by Crippen LogP contribution is 2.36. The summed E-state index contributed by atoms with van der Waals surface area (Å²) >= 11 is 6.04. The molecule has 0 spiro atoms. The number of para-hydroxylation sites is 2. The summed E-state index contributed by atoms with van der Waals surface area (Å²) in [6.07, 6.45) is -1.07. The highest BCUT2D eigenvalue weighted by molar-refractivity contribution is 7.92. The van der Waals surface area contributed by atoms with Crippen LogP contribution in [-0.2, 0) is 20.6 Å². The van der Waals surface area contributed by atoms with Gasteiger partial charge in [-0.05, 0) is 35.9 Å². The van der Waals surface area contributed by atoms with E-state index in [1.54, 1.807) is 66.7 Å². The van der Waals surface area contributed by atoms with E-state index in [2.05, 4.69) is 5.32 Å². The number of ether oxygens (including phenoxy) is 2. The molecule has 0 saturated carbocycles. The molecule has 3 aromatic carbocycles. The summed E-state index contributed by atoms with van der Waals surface area (Å²) in [4.78, 5) is 13.0. The molecule has 1 atom stereocenters. The van der Waals surface area contributed by atoms with Crippen molar-refractivity contribution in [2.75, 3.05) is 23.3 Å². The maximum Gasteiger partial charge on any atom is 0.267 e. The predicted octanol–water partition coefficient (Wildman–Crippen LogP) is 4.08. The third kappa shape index (κ3) is 4.66. The molecule has 1 aliphatic heterocycles. The molecule has 4 rings (SSSR count). The van der Waals surface area contributed by atoms with E-state index in [0.29, 0.717) is 33.5 Å². The average Bonchev–Trinajstić information content (AvgIpc) is 2.79. The fourth-order valence-corrected chi connectivity index (χ4v) is 5.21. The van der Waals surface area contributed by atoms with Crippen LogP contribution >= 0.6 is 11.6 Å². The molecule has 0 saturated heterocycles. The first kappa shape index (κ1) is 22.0. The molecule has 3 aromatic rings. The van der Waals surface area contributed by atoms with Crippen molar-refractivity contribution in [3.8, 4) is 11.5 Å². The molecule has 166 valence electrons. The quantitative estimate of drug-likeness (QED) is 0.584. The number of amides is 1. The van der Waals surface area contributed by atoms with Gasteiger partial charge in [-0.1, -0.05) is 54.1 Å². The van der Waals surface area contributed by atoms with Crippen LogP contribution in [0, 0.1) is 0 Å². The number of rotatable bonds is 6. The van der Waals surface area contributed by atoms with Crippen molar-refractivity contribution in [3.63, 3.8) is 0 Å². The number of nitrogens with one attached hydrogen (secondary N) is 1. The molecule has 1 unspecified atom stereocenters. The number of anilines is 2. The Morgan fingerprint density at radius 3 is 2.59 bits per heavy atom. The van der Waals surface area contributed by atoms with Crippen LogP contribution in [0.3, 0.4) is 0 Å². The van der Waals surface area contributed by atoms with E-state index in [1.165, 1.54) is 11.4 Å². The molecule has 1 N–H and O–H groups in total. The van der Waals surface area contributed by atoms with Crippen LogP contribution in [0.4, 0.5) is 11.4 Å². The maximum absolute atomic E-state index is 13.3. The average molecular weight is 473 g/mol. The zero-order valence-corrected chi connectivity index (χ0v) is 18.8. The first-order valence-corrected chi connectivity index (χ1v) is 11.8. The summed E-state index contributed by atoms with van der Waals surface area (Å²) in [6.45, 7) is -0.166. The van der Waals surface area contributed by atoms with Crippen LogP contribution in [0.2, 0.25) is 5.02 Å². The molecule has 0 radical (unpaired) electrons. The van der Waals surface area contributed by atoms with E-state index in [9.17, 15) is 13.2 Å². The SMILES string of the molecule is COc1ccc(Cl)cc1NC(=O)C1CN(S(=O)(=O)Cc2ccccc2)c2ccccc2O1. The van der Waals surface area contributed by atoms with E-state index in [0.717, 1.165) is 0 Å². The summed E-state index contributed by atoms with van der Waals surface area (Å²) in [5.74, 6) is 0.0274. The molecular formula is C23H21ClN2O5S. The van der Waals surface area contributed by atoms with E-state index in [-0.39, 0.29) is 12.3 Å². The van der Waals surface area contributed by atoms with Gasteiger partial charge in [-0.25, -0.2) is 8.42 Å². The van der Waals surface area contributed by atoms with Gasteiger partial charge < -0.3 is 14.8 Å². The van der Waals surface area contributed by atoms with Crippen molar-refractivity contribution in [3.05, 3.63) is 83.4 Å². The van der Waals surface area contributed by atoms with E-state index in [4.69, 9.17) is 21.1 Å². The molecule has 0 aromatic heterocycles. The minimum Gasteiger partial charge on any atom is -0.495 e. The topological polar surface area (TPSA) is 84.9 Å². The number of nitrogens with zero attached hydrogens (tertiary/aromatic N) is 1. The third-order valence-electron chi connectivity index (χ3n) is 4.97. The van der Waals surface area contributed by atoms with Gasteiger partial charge in [0.1, 0.15) is 11.5 Å². The second kappa shape index (κ2) is 9.10. The van der Waals surface area contributed by atoms with E-state index >= 15 is 0 Å². The largest absolute Gasteiger partial charge is 0.495 e. The highest BCUT2D eigenvalue weighted by atomic mass is 35.5. The highest BCUT2D eigenvalue weighted by Gasteiger charge is 2.37. The predicted molar refractivity (Wildman–Crippen MR) is 124 cm³/mol. The lowest BCUT2D eigenvalue weighted by Crippen LogP contribution is -2.49. The number of hydrogen-bond acceptors (Lipinski definition) is 5. The summed E-state index contributed by atoms with van der Waals surface area (Å²) < 4.78 is 38.9. The maximum atomic E-state index is 13.3. The molecule has 1 heterocycles. The summed E-state index contributed by atoms with van der Waals surface area (Å²) in [5.41, 5.74) is 1.42. The Morgan fingerprint density at radius 1 is 1.12 bits per heavy atom. The van der Waals surface area contributed by atoms with E-state index < -0.39 is 22.0 Å². The number of fused-ring (bicyclic) bond motifs is 1. The molecule has 32 heavy (non-hydrogen) atoms. The van der Waals surface area contributed by atoms with Gasteiger partial charge in [0, 0.05) is 5.02 Å². The zero-order valence-electron chi connectivity index (χ0n) is 17.2. The van der Waals surface area contributed by atoms with E-state index in [1.807, 2.05) is 6.07 Å². The number of sulfonamides is 1. The Hall–Kier alpha value is -3.23.